The highest BCUT2D eigenvalue weighted by molar-refractivity contribution is 5.74. The maximum Gasteiger partial charge on any atom is 0.0674 e. The Labute approximate surface area is 96.4 Å². The van der Waals surface area contributed by atoms with E-state index in [1.54, 1.807) is 0 Å². The van der Waals surface area contributed by atoms with Crippen molar-refractivity contribution in [1.82, 2.24) is 0 Å². The number of nitrogens with one attached hydrogen (secondary N) is 1. The number of benzene rings is 1. The van der Waals surface area contributed by atoms with Crippen LogP contribution in [-0.4, -0.2) is 32.8 Å². The quantitative estimate of drug-likeness (QED) is 0.719. The highest BCUT2D eigenvalue weighted by Crippen LogP contribution is 2.36. The first kappa shape index (κ1) is 9.97. The number of likely N-dealkylation sites (N-methyl/N-ethyl adjacent to an activating group) is 1. The Morgan fingerprint density at radius 3 is 3.12 bits per heavy atom. The molecular weight excluding hydrogens is 200 g/mol. The van der Waals surface area contributed by atoms with Gasteiger partial charge in [-0.05, 0) is 18.6 Å². The van der Waals surface area contributed by atoms with Gasteiger partial charge in [0.25, 0.3) is 0 Å². The maximum absolute atomic E-state index is 5.59. The minimum absolute atomic E-state index is 0.523. The molecule has 2 unspecified atom stereocenters. The highest BCUT2D eigenvalue weighted by atomic mass is 16.5. The molecule has 2 atom stereocenters. The lowest BCUT2D eigenvalue weighted by atomic mass is 10.0. The lowest BCUT2D eigenvalue weighted by molar-refractivity contribution is 0.185. The van der Waals surface area contributed by atoms with E-state index >= 15 is 0 Å². The molecule has 0 amide bonds. The number of rotatable bonds is 0. The van der Waals surface area contributed by atoms with Gasteiger partial charge in [-0.2, -0.15) is 0 Å². The Hall–Kier alpha value is -1.22. The molecule has 0 spiro atoms. The summed E-state index contributed by atoms with van der Waals surface area (Å²) < 4.78 is 5.59. The first-order valence-electron chi connectivity index (χ1n) is 5.91. The third-order valence-electron chi connectivity index (χ3n) is 3.81. The lowest BCUT2D eigenvalue weighted by Gasteiger charge is -2.28. The summed E-state index contributed by atoms with van der Waals surface area (Å²) in [5, 5.41) is 3.55. The summed E-state index contributed by atoms with van der Waals surface area (Å²) in [6.45, 7) is 4.93. The number of hydrogen-bond acceptors (Lipinski definition) is 3. The highest BCUT2D eigenvalue weighted by Gasteiger charge is 2.34. The van der Waals surface area contributed by atoms with E-state index in [2.05, 4.69) is 42.4 Å². The summed E-state index contributed by atoms with van der Waals surface area (Å²) in [4.78, 5) is 2.39. The molecule has 1 N–H and O–H groups in total. The summed E-state index contributed by atoms with van der Waals surface area (Å²) in [6, 6.07) is 6.98. The van der Waals surface area contributed by atoms with Crippen LogP contribution in [0.2, 0.25) is 0 Å². The van der Waals surface area contributed by atoms with Crippen molar-refractivity contribution in [1.29, 1.82) is 0 Å². The van der Waals surface area contributed by atoms with Crippen molar-refractivity contribution in [2.75, 3.05) is 37.0 Å². The molecule has 2 aliphatic heterocycles. The lowest BCUT2D eigenvalue weighted by Crippen LogP contribution is -2.38. The molecule has 3 rings (SSSR count). The first-order valence-corrected chi connectivity index (χ1v) is 5.91. The van der Waals surface area contributed by atoms with Gasteiger partial charge in [0.2, 0.25) is 0 Å². The average Bonchev–Trinajstić information content (AvgIpc) is 2.69. The smallest absolute Gasteiger partial charge is 0.0674 e. The van der Waals surface area contributed by atoms with Crippen LogP contribution in [0.25, 0.3) is 0 Å². The Kier molecular flexibility index (Phi) is 2.28. The van der Waals surface area contributed by atoms with Gasteiger partial charge in [0, 0.05) is 19.5 Å². The van der Waals surface area contributed by atoms with Crippen LogP contribution in [0.1, 0.15) is 5.56 Å². The van der Waals surface area contributed by atoms with E-state index in [1.165, 1.54) is 16.9 Å². The van der Waals surface area contributed by atoms with Crippen LogP contribution in [0.4, 0.5) is 11.4 Å². The Morgan fingerprint density at radius 2 is 2.25 bits per heavy atom. The van der Waals surface area contributed by atoms with Crippen LogP contribution in [0.15, 0.2) is 18.2 Å². The zero-order valence-electron chi connectivity index (χ0n) is 9.86. The normalized spacial score (nSPS) is 28.0. The first-order chi connectivity index (χ1) is 7.77. The topological polar surface area (TPSA) is 24.5 Å². The van der Waals surface area contributed by atoms with Gasteiger partial charge in [-0.25, -0.2) is 0 Å². The minimum atomic E-state index is 0.523. The summed E-state index contributed by atoms with van der Waals surface area (Å²) in [5.41, 5.74) is 3.93. The van der Waals surface area contributed by atoms with Gasteiger partial charge in [-0.3, -0.25) is 0 Å². The van der Waals surface area contributed by atoms with Gasteiger partial charge in [0.05, 0.1) is 30.6 Å². The van der Waals surface area contributed by atoms with Gasteiger partial charge in [-0.15, -0.1) is 0 Å². The van der Waals surface area contributed by atoms with Crippen LogP contribution in [-0.2, 0) is 4.74 Å². The molecule has 0 aromatic heterocycles. The van der Waals surface area contributed by atoms with Gasteiger partial charge >= 0.3 is 0 Å². The van der Waals surface area contributed by atoms with Crippen molar-refractivity contribution in [3.8, 4) is 0 Å². The second kappa shape index (κ2) is 3.67. The Bertz CT molecular complexity index is 405. The molecule has 1 aromatic carbocycles. The predicted molar refractivity (Wildman–Crippen MR) is 66.2 cm³/mol. The van der Waals surface area contributed by atoms with Crippen LogP contribution in [0.3, 0.4) is 0 Å². The number of hydrogen-bond donors (Lipinski definition) is 1. The zero-order valence-corrected chi connectivity index (χ0v) is 9.86. The predicted octanol–water partition coefficient (Wildman–Crippen LogP) is 1.87. The summed E-state index contributed by atoms with van der Waals surface area (Å²) in [5.74, 6) is 0.608. The van der Waals surface area contributed by atoms with Crippen LogP contribution in [0.5, 0.6) is 0 Å². The third-order valence-corrected chi connectivity index (χ3v) is 3.81. The van der Waals surface area contributed by atoms with Crippen LogP contribution < -0.4 is 10.2 Å². The second-order valence-corrected chi connectivity index (χ2v) is 4.83. The van der Waals surface area contributed by atoms with Gasteiger partial charge in [-0.1, -0.05) is 12.1 Å². The van der Waals surface area contributed by atoms with Crippen molar-refractivity contribution < 1.29 is 4.74 Å². The molecule has 16 heavy (non-hydrogen) atoms. The van der Waals surface area contributed by atoms with Crippen molar-refractivity contribution in [3.63, 3.8) is 0 Å². The monoisotopic (exact) mass is 218 g/mol. The molecule has 2 aliphatic rings. The molecule has 0 radical (unpaired) electrons. The number of aryl methyl sites for hydroxylation is 1. The summed E-state index contributed by atoms with van der Waals surface area (Å²) in [6.07, 6.45) is 0. The summed E-state index contributed by atoms with van der Waals surface area (Å²) >= 11 is 0. The fourth-order valence-electron chi connectivity index (χ4n) is 2.89. The molecule has 0 saturated carbocycles. The summed E-state index contributed by atoms with van der Waals surface area (Å²) in [7, 11) is 2.19. The number of anilines is 2. The second-order valence-electron chi connectivity index (χ2n) is 4.83. The Morgan fingerprint density at radius 1 is 1.38 bits per heavy atom. The van der Waals surface area contributed by atoms with E-state index < -0.39 is 0 Å². The SMILES string of the molecule is Cc1cccc2c1N(C)C1COCC1CN2. The van der Waals surface area contributed by atoms with Gasteiger partial charge < -0.3 is 15.0 Å². The van der Waals surface area contributed by atoms with Gasteiger partial charge in [0.1, 0.15) is 0 Å². The largest absolute Gasteiger partial charge is 0.383 e. The fourth-order valence-corrected chi connectivity index (χ4v) is 2.89. The molecule has 0 aliphatic carbocycles. The minimum Gasteiger partial charge on any atom is -0.383 e. The molecular formula is C13H18N2O. The molecule has 1 aromatic rings. The van der Waals surface area contributed by atoms with E-state index in [-0.39, 0.29) is 0 Å². The van der Waals surface area contributed by atoms with E-state index in [0.29, 0.717) is 12.0 Å². The van der Waals surface area contributed by atoms with E-state index in [4.69, 9.17) is 4.74 Å². The molecule has 3 nitrogen and oxygen atoms in total. The number of para-hydroxylation sites is 1. The van der Waals surface area contributed by atoms with Crippen molar-refractivity contribution in [3.05, 3.63) is 23.8 Å². The molecule has 0 bridgehead atoms. The van der Waals surface area contributed by atoms with Crippen molar-refractivity contribution in [2.24, 2.45) is 5.92 Å². The maximum atomic E-state index is 5.59. The van der Waals surface area contributed by atoms with Crippen molar-refractivity contribution >= 4 is 11.4 Å². The molecule has 3 heteroatoms. The number of fused-ring (bicyclic) bond motifs is 2. The van der Waals surface area contributed by atoms with Crippen molar-refractivity contribution in [2.45, 2.75) is 13.0 Å². The standard InChI is InChI=1S/C13H18N2O/c1-9-4-3-5-11-13(9)15(2)12-8-16-7-10(12)6-14-11/h3-5,10,12,14H,6-8H2,1-2H3. The molecule has 1 fully saturated rings. The third kappa shape index (κ3) is 1.39. The number of ether oxygens (including phenoxy) is 1. The van der Waals surface area contributed by atoms with E-state index in [0.717, 1.165) is 19.8 Å². The average molecular weight is 218 g/mol. The molecule has 1 saturated heterocycles. The Balaban J connectivity index is 2.06. The molecule has 2 heterocycles. The van der Waals surface area contributed by atoms with Gasteiger partial charge in [0.15, 0.2) is 0 Å². The van der Waals surface area contributed by atoms with E-state index in [9.17, 15) is 0 Å². The fraction of sp³-hybridized carbons (Fsp3) is 0.538. The zero-order chi connectivity index (χ0) is 11.1. The van der Waals surface area contributed by atoms with E-state index in [1.807, 2.05) is 0 Å². The number of nitrogens with zero attached hydrogens (tertiary/aromatic N) is 1. The van der Waals surface area contributed by atoms with Crippen LogP contribution in [0, 0.1) is 12.8 Å². The molecule has 86 valence electrons. The van der Waals surface area contributed by atoms with Crippen LogP contribution >= 0.6 is 0 Å².